The molecule has 14 nitrogen and oxygen atoms in total. The number of amides is 4. The maximum absolute atomic E-state index is 15.0. The number of alkyl carbamates (subject to hydrolysis) is 1. The van der Waals surface area contributed by atoms with Crippen LogP contribution in [0.1, 0.15) is 127 Å². The third-order valence-electron chi connectivity index (χ3n) is 14.7. The van der Waals surface area contributed by atoms with Gasteiger partial charge in [-0.3, -0.25) is 19.1 Å². The molecule has 1 saturated heterocycles. The third kappa shape index (κ3) is 7.72. The van der Waals surface area contributed by atoms with Crippen molar-refractivity contribution in [2.24, 2.45) is 11.8 Å². The lowest BCUT2D eigenvalue weighted by Gasteiger charge is -2.37. The van der Waals surface area contributed by atoms with Crippen LogP contribution in [-0.2, 0) is 42.0 Å². The number of sulfonamides is 1. The average Bonchev–Trinajstić information content (AvgIpc) is 4.05. The van der Waals surface area contributed by atoms with Crippen LogP contribution in [0.15, 0.2) is 30.4 Å². The van der Waals surface area contributed by atoms with Crippen molar-refractivity contribution in [1.29, 1.82) is 0 Å². The lowest BCUT2D eigenvalue weighted by atomic mass is 9.86. The minimum absolute atomic E-state index is 0.0755. The van der Waals surface area contributed by atoms with Crippen LogP contribution < -0.4 is 24.8 Å². The first-order chi connectivity index (χ1) is 28.8. The highest BCUT2D eigenvalue weighted by Gasteiger charge is 2.64. The van der Waals surface area contributed by atoms with Gasteiger partial charge in [0.2, 0.25) is 21.8 Å². The van der Waals surface area contributed by atoms with Gasteiger partial charge in [0.1, 0.15) is 40.8 Å². The Morgan fingerprint density at radius 2 is 1.77 bits per heavy atom. The standard InChI is InChI=1S/C45H59N5O9S/c1-43(22-23-43)60(55,56)49-41(53)45-25-29(45)14-8-4-3-5-9-16-35-40(52)50-27-44(26-36(50)39(51)48-45)21-20-31-32-24-30(57-2)18-19-33(32)46-34(38(31)59-44)15-10-6-7-12-28-13-11-17-37(28)58-42(54)47-35/h8,14,18-19,24,28-29,35-37H,3-7,9-13,15-17,20-23,25-27H2,1-2H3,(H,47,54)(H,48,51)(H,49,53)/b14-8-/t28-,29-,35+,36+,37-,44-,45-/m1/s1. The Bertz CT molecular complexity index is 2210. The fourth-order valence-corrected chi connectivity index (χ4v) is 11.9. The molecule has 4 bridgehead atoms. The zero-order chi connectivity index (χ0) is 41.9. The highest BCUT2D eigenvalue weighted by Crippen LogP contribution is 2.49. The fraction of sp³-hybridized carbons (Fsp3) is 0.667. The summed E-state index contributed by atoms with van der Waals surface area (Å²) in [4.78, 5) is 64.4. The molecule has 0 unspecified atom stereocenters. The van der Waals surface area contributed by atoms with Crippen molar-refractivity contribution in [1.82, 2.24) is 25.2 Å². The van der Waals surface area contributed by atoms with E-state index in [-0.39, 0.29) is 31.4 Å². The minimum Gasteiger partial charge on any atom is -0.497 e. The highest BCUT2D eigenvalue weighted by molar-refractivity contribution is 7.91. The van der Waals surface area contributed by atoms with E-state index >= 15 is 4.79 Å². The maximum atomic E-state index is 15.0. The zero-order valence-electron chi connectivity index (χ0n) is 34.9. The van der Waals surface area contributed by atoms with Gasteiger partial charge in [-0.05, 0) is 121 Å². The second kappa shape index (κ2) is 15.8. The molecule has 9 rings (SSSR count). The summed E-state index contributed by atoms with van der Waals surface area (Å²) in [5.41, 5.74) is 0.258. The van der Waals surface area contributed by atoms with Gasteiger partial charge >= 0.3 is 6.09 Å². The third-order valence-corrected chi connectivity index (χ3v) is 16.9. The van der Waals surface area contributed by atoms with Gasteiger partial charge in [0.15, 0.2) is 0 Å². The molecule has 4 amide bonds. The summed E-state index contributed by atoms with van der Waals surface area (Å²) in [6.45, 7) is 1.69. The van der Waals surface area contributed by atoms with Crippen molar-refractivity contribution in [2.75, 3.05) is 13.7 Å². The van der Waals surface area contributed by atoms with E-state index in [2.05, 4.69) is 15.4 Å². The Balaban J connectivity index is 1.10. The molecule has 5 heterocycles. The minimum atomic E-state index is -3.99. The molecule has 60 heavy (non-hydrogen) atoms. The van der Waals surface area contributed by atoms with E-state index in [1.54, 1.807) is 14.0 Å². The second-order valence-electron chi connectivity index (χ2n) is 18.9. The van der Waals surface area contributed by atoms with E-state index < -0.39 is 67.7 Å². The molecule has 1 spiro atoms. The topological polar surface area (TPSA) is 182 Å². The molecular formula is C45H59N5O9S. The predicted octanol–water partition coefficient (Wildman–Crippen LogP) is 5.68. The van der Waals surface area contributed by atoms with Crippen molar-refractivity contribution in [3.05, 3.63) is 41.6 Å². The van der Waals surface area contributed by atoms with Gasteiger partial charge in [0, 0.05) is 23.3 Å². The number of carbonyl (C=O) groups excluding carboxylic acids is 4. The van der Waals surface area contributed by atoms with E-state index in [0.29, 0.717) is 62.9 Å². The van der Waals surface area contributed by atoms with Gasteiger partial charge in [0.25, 0.3) is 5.91 Å². The molecule has 15 heteroatoms. The molecule has 3 aliphatic carbocycles. The van der Waals surface area contributed by atoms with E-state index in [1.807, 2.05) is 30.4 Å². The molecular weight excluding hydrogens is 787 g/mol. The number of nitrogens with zero attached hydrogens (tertiary/aromatic N) is 2. The quantitative estimate of drug-likeness (QED) is 0.324. The van der Waals surface area contributed by atoms with E-state index in [1.165, 1.54) is 4.90 Å². The predicted molar refractivity (Wildman–Crippen MR) is 223 cm³/mol. The first-order valence-corrected chi connectivity index (χ1v) is 23.8. The Morgan fingerprint density at radius 1 is 0.967 bits per heavy atom. The molecule has 324 valence electrons. The van der Waals surface area contributed by atoms with Gasteiger partial charge < -0.3 is 29.7 Å². The van der Waals surface area contributed by atoms with E-state index in [0.717, 1.165) is 79.9 Å². The molecule has 3 N–H and O–H groups in total. The molecule has 7 atom stereocenters. The number of carbonyl (C=O) groups is 4. The Morgan fingerprint density at radius 3 is 2.58 bits per heavy atom. The van der Waals surface area contributed by atoms with E-state index in [4.69, 9.17) is 19.2 Å². The molecule has 4 aliphatic heterocycles. The van der Waals surface area contributed by atoms with E-state index in [9.17, 15) is 22.8 Å². The number of methoxy groups -OCH3 is 1. The Labute approximate surface area is 352 Å². The molecule has 3 saturated carbocycles. The Kier molecular flexibility index (Phi) is 10.8. The summed E-state index contributed by atoms with van der Waals surface area (Å²) in [7, 11) is -2.35. The summed E-state index contributed by atoms with van der Waals surface area (Å²) in [5, 5.41) is 6.89. The lowest BCUT2D eigenvalue weighted by molar-refractivity contribution is -0.141. The molecule has 7 aliphatic rings. The lowest BCUT2D eigenvalue weighted by Crippen LogP contribution is -2.58. The van der Waals surface area contributed by atoms with Crippen LogP contribution in [0, 0.1) is 11.8 Å². The van der Waals surface area contributed by atoms with Gasteiger partial charge in [-0.2, -0.15) is 0 Å². The number of hydrogen-bond acceptors (Lipinski definition) is 10. The second-order valence-corrected chi connectivity index (χ2v) is 21.1. The van der Waals surface area contributed by atoms with Crippen LogP contribution >= 0.6 is 0 Å². The van der Waals surface area contributed by atoms with Gasteiger partial charge in [-0.25, -0.2) is 18.2 Å². The molecule has 4 fully saturated rings. The summed E-state index contributed by atoms with van der Waals surface area (Å²) < 4.78 is 46.8. The van der Waals surface area contributed by atoms with Crippen LogP contribution in [0.5, 0.6) is 11.5 Å². The number of aryl methyl sites for hydroxylation is 2. The van der Waals surface area contributed by atoms with Gasteiger partial charge in [-0.15, -0.1) is 0 Å². The van der Waals surface area contributed by atoms with Crippen LogP contribution in [-0.4, -0.2) is 89.8 Å². The summed E-state index contributed by atoms with van der Waals surface area (Å²) in [6, 6.07) is 3.85. The highest BCUT2D eigenvalue weighted by atomic mass is 32.2. The summed E-state index contributed by atoms with van der Waals surface area (Å²) in [5.74, 6) is -0.505. The van der Waals surface area contributed by atoms with Crippen LogP contribution in [0.4, 0.5) is 4.79 Å². The number of aromatic nitrogens is 1. The van der Waals surface area contributed by atoms with Crippen LogP contribution in [0.2, 0.25) is 0 Å². The smallest absolute Gasteiger partial charge is 0.408 e. The van der Waals surface area contributed by atoms with Crippen molar-refractivity contribution in [3.8, 4) is 11.5 Å². The molecule has 0 radical (unpaired) electrons. The van der Waals surface area contributed by atoms with Crippen LogP contribution in [0.25, 0.3) is 10.9 Å². The first kappa shape index (κ1) is 41.0. The maximum Gasteiger partial charge on any atom is 0.408 e. The van der Waals surface area contributed by atoms with Crippen LogP contribution in [0.3, 0.4) is 0 Å². The number of nitrogens with one attached hydrogen (secondary N) is 3. The average molecular weight is 846 g/mol. The summed E-state index contributed by atoms with van der Waals surface area (Å²) >= 11 is 0. The van der Waals surface area contributed by atoms with Gasteiger partial charge in [0.05, 0.1) is 29.6 Å². The number of hydrogen-bond donors (Lipinski definition) is 3. The number of benzene rings is 1. The number of rotatable bonds is 4. The van der Waals surface area contributed by atoms with Gasteiger partial charge in [-0.1, -0.05) is 37.8 Å². The number of allylic oxidation sites excluding steroid dienone is 1. The zero-order valence-corrected chi connectivity index (χ0v) is 35.7. The number of fused-ring (bicyclic) bond motifs is 5. The summed E-state index contributed by atoms with van der Waals surface area (Å²) in [6.07, 6.45) is 16.0. The molecule has 1 aromatic heterocycles. The fourth-order valence-electron chi connectivity index (χ4n) is 10.6. The SMILES string of the molecule is COc1ccc2nc3c4c(c2c1)CC[C@]1(C[C@H]2C(=O)N[C@]5(C(=O)NS(=O)(=O)C6(C)CC6)C[C@H]5/C=C\CCCCC[C@H](NC(=O)O[C@@H]5CCC[C@H]5CCCCC3)C(=O)N2C1)O4. The number of pyridine rings is 1. The molecule has 2 aromatic rings. The first-order valence-electron chi connectivity index (χ1n) is 22.3. The van der Waals surface area contributed by atoms with Crippen molar-refractivity contribution < 1.29 is 41.8 Å². The molecule has 1 aromatic carbocycles. The van der Waals surface area contributed by atoms with Crippen molar-refractivity contribution in [3.63, 3.8) is 0 Å². The number of ether oxygens (including phenoxy) is 3. The Hall–Kier alpha value is -4.40. The van der Waals surface area contributed by atoms with Crippen molar-refractivity contribution >= 4 is 44.7 Å². The largest absolute Gasteiger partial charge is 0.497 e. The van der Waals surface area contributed by atoms with Crippen molar-refractivity contribution in [2.45, 2.75) is 163 Å². The monoisotopic (exact) mass is 845 g/mol. The normalized spacial score (nSPS) is 33.5.